The van der Waals surface area contributed by atoms with Gasteiger partial charge in [0.1, 0.15) is 5.75 Å². The highest BCUT2D eigenvalue weighted by molar-refractivity contribution is 9.10. The second-order valence-corrected chi connectivity index (χ2v) is 5.18. The first-order chi connectivity index (χ1) is 8.36. The third-order valence-corrected chi connectivity index (χ3v) is 3.33. The lowest BCUT2D eigenvalue weighted by atomic mass is 10.0. The molecule has 18 heavy (non-hydrogen) atoms. The van der Waals surface area contributed by atoms with Crippen LogP contribution in [0.25, 0.3) is 0 Å². The molecule has 0 fully saturated rings. The summed E-state index contributed by atoms with van der Waals surface area (Å²) < 4.78 is 5.22. The van der Waals surface area contributed by atoms with Crippen LogP contribution in [0.2, 0.25) is 0 Å². The van der Waals surface area contributed by atoms with Gasteiger partial charge in [-0.15, -0.1) is 0 Å². The lowest BCUT2D eigenvalue weighted by molar-refractivity contribution is -0.136. The number of aliphatic carboxylic acids is 1. The van der Waals surface area contributed by atoms with E-state index in [2.05, 4.69) is 15.9 Å². The van der Waals surface area contributed by atoms with E-state index in [9.17, 15) is 9.59 Å². The minimum absolute atomic E-state index is 0.230. The van der Waals surface area contributed by atoms with Crippen LogP contribution in [-0.2, 0) is 4.79 Å². The third kappa shape index (κ3) is 3.32. The lowest BCUT2D eigenvalue weighted by Crippen LogP contribution is -2.18. The summed E-state index contributed by atoms with van der Waals surface area (Å²) in [5, 5.41) is 8.67. The number of benzene rings is 1. The molecule has 0 saturated carbocycles. The van der Waals surface area contributed by atoms with Crippen LogP contribution in [0.5, 0.6) is 5.75 Å². The Kier molecular flexibility index (Phi) is 4.90. The van der Waals surface area contributed by atoms with Crippen LogP contribution >= 0.6 is 15.9 Å². The van der Waals surface area contributed by atoms with E-state index >= 15 is 0 Å². The van der Waals surface area contributed by atoms with Crippen molar-refractivity contribution in [2.24, 2.45) is 0 Å². The van der Waals surface area contributed by atoms with E-state index in [-0.39, 0.29) is 12.2 Å². The van der Waals surface area contributed by atoms with Crippen LogP contribution in [0.3, 0.4) is 0 Å². The minimum atomic E-state index is -1.01. The van der Waals surface area contributed by atoms with E-state index in [4.69, 9.17) is 9.84 Å². The molecule has 1 rings (SSSR count). The molecule has 0 heterocycles. The summed E-state index contributed by atoms with van der Waals surface area (Å²) in [6.45, 7) is 3.70. The Morgan fingerprint density at radius 2 is 1.83 bits per heavy atom. The molecule has 4 nitrogen and oxygen atoms in total. The first-order valence-electron chi connectivity index (χ1n) is 5.42. The maximum atomic E-state index is 12.0. The largest absolute Gasteiger partial charge is 0.496 e. The van der Waals surface area contributed by atoms with E-state index in [1.165, 1.54) is 0 Å². The van der Waals surface area contributed by atoms with E-state index in [0.717, 1.165) is 16.9 Å². The van der Waals surface area contributed by atoms with Gasteiger partial charge >= 0.3 is 5.97 Å². The molecule has 0 radical (unpaired) electrons. The summed E-state index contributed by atoms with van der Waals surface area (Å²) in [5.41, 5.74) is 2.21. The van der Waals surface area contributed by atoms with Gasteiger partial charge in [-0.3, -0.25) is 9.59 Å². The number of hydrogen-bond donors (Lipinski definition) is 1. The molecule has 0 aliphatic carbocycles. The predicted molar refractivity (Wildman–Crippen MR) is 71.8 cm³/mol. The second-order valence-electron chi connectivity index (χ2n) is 4.07. The van der Waals surface area contributed by atoms with Crippen molar-refractivity contribution in [3.8, 4) is 5.75 Å². The fourth-order valence-electron chi connectivity index (χ4n) is 1.84. The molecular formula is C13H15BrO4. The van der Waals surface area contributed by atoms with Gasteiger partial charge in [0.25, 0.3) is 0 Å². The number of ketones is 1. The Bertz CT molecular complexity index is 459. The van der Waals surface area contributed by atoms with Gasteiger partial charge < -0.3 is 9.84 Å². The molecule has 0 aliphatic rings. The molecule has 1 aromatic carbocycles. The maximum Gasteiger partial charge on any atom is 0.304 e. The van der Waals surface area contributed by atoms with Crippen LogP contribution in [0, 0.1) is 13.8 Å². The van der Waals surface area contributed by atoms with Gasteiger partial charge in [-0.05, 0) is 37.1 Å². The monoisotopic (exact) mass is 314 g/mol. The van der Waals surface area contributed by atoms with E-state index in [1.54, 1.807) is 19.2 Å². The van der Waals surface area contributed by atoms with Gasteiger partial charge in [0.05, 0.1) is 18.4 Å². The van der Waals surface area contributed by atoms with Crippen LogP contribution in [0.15, 0.2) is 12.1 Å². The summed E-state index contributed by atoms with van der Waals surface area (Å²) in [7, 11) is 1.58. The third-order valence-electron chi connectivity index (χ3n) is 2.59. The Morgan fingerprint density at radius 1 is 1.33 bits per heavy atom. The van der Waals surface area contributed by atoms with Gasteiger partial charge in [0, 0.05) is 5.56 Å². The highest BCUT2D eigenvalue weighted by Gasteiger charge is 2.21. The number of halogens is 1. The van der Waals surface area contributed by atoms with Crippen LogP contribution in [0.4, 0.5) is 0 Å². The molecule has 0 aliphatic heterocycles. The molecule has 0 aromatic heterocycles. The van der Waals surface area contributed by atoms with Gasteiger partial charge in [0.15, 0.2) is 5.78 Å². The zero-order chi connectivity index (χ0) is 13.9. The van der Waals surface area contributed by atoms with Crippen LogP contribution in [-0.4, -0.2) is 28.8 Å². The Balaban J connectivity index is 3.04. The van der Waals surface area contributed by atoms with Gasteiger partial charge in [-0.2, -0.15) is 0 Å². The topological polar surface area (TPSA) is 63.6 Å². The summed E-state index contributed by atoms with van der Waals surface area (Å²) in [6.07, 6.45) is -0.233. The number of carbonyl (C=O) groups excluding carboxylic acids is 1. The highest BCUT2D eigenvalue weighted by atomic mass is 79.9. The average molecular weight is 315 g/mol. The summed E-state index contributed by atoms with van der Waals surface area (Å²) in [6, 6.07) is 3.43. The number of ether oxygens (including phenoxy) is 1. The predicted octanol–water partition coefficient (Wildman–Crippen LogP) is 2.73. The molecule has 1 aromatic rings. The van der Waals surface area contributed by atoms with Gasteiger partial charge in [-0.1, -0.05) is 15.9 Å². The first-order valence-corrected chi connectivity index (χ1v) is 6.33. The number of aryl methyl sites for hydroxylation is 2. The fourth-order valence-corrected chi connectivity index (χ4v) is 2.38. The van der Waals surface area contributed by atoms with E-state index in [0.29, 0.717) is 5.56 Å². The molecule has 0 bridgehead atoms. The Hall–Kier alpha value is -1.36. The number of rotatable bonds is 5. The fraction of sp³-hybridized carbons (Fsp3) is 0.385. The van der Waals surface area contributed by atoms with Crippen molar-refractivity contribution in [2.75, 3.05) is 7.11 Å². The molecule has 1 atom stereocenters. The SMILES string of the molecule is COc1c(C)cc(C(=O)C(Br)CC(=O)O)cc1C. The summed E-state index contributed by atoms with van der Waals surface area (Å²) >= 11 is 3.10. The number of methoxy groups -OCH3 is 1. The van der Waals surface area contributed by atoms with Crippen molar-refractivity contribution in [1.29, 1.82) is 0 Å². The highest BCUT2D eigenvalue weighted by Crippen LogP contribution is 2.26. The number of carbonyl (C=O) groups is 2. The van der Waals surface area contributed by atoms with E-state index in [1.807, 2.05) is 13.8 Å². The van der Waals surface area contributed by atoms with Crippen molar-refractivity contribution in [3.05, 3.63) is 28.8 Å². The molecule has 98 valence electrons. The quantitative estimate of drug-likeness (QED) is 0.670. The van der Waals surface area contributed by atoms with Crippen molar-refractivity contribution >= 4 is 27.7 Å². The van der Waals surface area contributed by atoms with Crippen molar-refractivity contribution in [3.63, 3.8) is 0 Å². The van der Waals surface area contributed by atoms with Crippen molar-refractivity contribution in [1.82, 2.24) is 0 Å². The molecule has 1 N–H and O–H groups in total. The number of carboxylic acids is 1. The number of alkyl halides is 1. The molecular weight excluding hydrogens is 300 g/mol. The normalized spacial score (nSPS) is 12.0. The van der Waals surface area contributed by atoms with E-state index < -0.39 is 10.8 Å². The second kappa shape index (κ2) is 6.00. The zero-order valence-electron chi connectivity index (χ0n) is 10.5. The minimum Gasteiger partial charge on any atom is -0.496 e. The number of hydrogen-bond acceptors (Lipinski definition) is 3. The van der Waals surface area contributed by atoms with Gasteiger partial charge in [-0.25, -0.2) is 0 Å². The van der Waals surface area contributed by atoms with Crippen molar-refractivity contribution in [2.45, 2.75) is 25.1 Å². The summed E-state index contributed by atoms with van der Waals surface area (Å²) in [4.78, 5) is 21.9. The number of Topliss-reactive ketones (excluding diaryl/α,β-unsaturated/α-hetero) is 1. The maximum absolute atomic E-state index is 12.0. The molecule has 0 amide bonds. The zero-order valence-corrected chi connectivity index (χ0v) is 12.1. The Morgan fingerprint density at radius 3 is 2.22 bits per heavy atom. The first kappa shape index (κ1) is 14.7. The standard InChI is InChI=1S/C13H15BrO4/c1-7-4-9(5-8(2)13(7)18-3)12(17)10(14)6-11(15)16/h4-5,10H,6H2,1-3H3,(H,15,16). The lowest BCUT2D eigenvalue weighted by Gasteiger charge is -2.12. The average Bonchev–Trinajstić information content (AvgIpc) is 2.26. The molecule has 0 saturated heterocycles. The molecule has 5 heteroatoms. The molecule has 1 unspecified atom stereocenters. The number of carboxylic acid groups (broad SMARTS) is 1. The van der Waals surface area contributed by atoms with Crippen molar-refractivity contribution < 1.29 is 19.4 Å². The molecule has 0 spiro atoms. The van der Waals surface area contributed by atoms with Gasteiger partial charge in [0.2, 0.25) is 0 Å². The van der Waals surface area contributed by atoms with Crippen LogP contribution in [0.1, 0.15) is 27.9 Å². The van der Waals surface area contributed by atoms with Crippen LogP contribution < -0.4 is 4.74 Å². The smallest absolute Gasteiger partial charge is 0.304 e. The Labute approximate surface area is 114 Å². The summed E-state index contributed by atoms with van der Waals surface area (Å²) in [5.74, 6) is -0.491.